The lowest BCUT2D eigenvalue weighted by Crippen LogP contribution is -2.43. The molecule has 0 spiro atoms. The summed E-state index contributed by atoms with van der Waals surface area (Å²) < 4.78 is 5.28. The molecule has 1 aromatic carbocycles. The van der Waals surface area contributed by atoms with Crippen LogP contribution >= 0.6 is 24.2 Å². The van der Waals surface area contributed by atoms with E-state index in [0.29, 0.717) is 12.5 Å². The van der Waals surface area contributed by atoms with Crippen LogP contribution in [0.25, 0.3) is 0 Å². The normalized spacial score (nSPS) is 18.0. The molecule has 1 fully saturated rings. The molecule has 1 saturated heterocycles. The maximum Gasteiger partial charge on any atom is 0.236 e. The smallest absolute Gasteiger partial charge is 0.236 e. The zero-order valence-corrected chi connectivity index (χ0v) is 16.0. The van der Waals surface area contributed by atoms with Gasteiger partial charge in [-0.1, -0.05) is 6.07 Å². The number of thioether (sulfide) groups is 1. The van der Waals surface area contributed by atoms with Gasteiger partial charge in [0.15, 0.2) is 0 Å². The first-order chi connectivity index (χ1) is 11.1. The summed E-state index contributed by atoms with van der Waals surface area (Å²) in [5.74, 6) is 2.23. The Labute approximate surface area is 155 Å². The van der Waals surface area contributed by atoms with E-state index in [1.165, 1.54) is 5.69 Å². The van der Waals surface area contributed by atoms with Gasteiger partial charge in [0.1, 0.15) is 5.75 Å². The number of amides is 1. The number of anilines is 1. The van der Waals surface area contributed by atoms with Crippen LogP contribution in [0.1, 0.15) is 12.8 Å². The first-order valence-corrected chi connectivity index (χ1v) is 9.44. The highest BCUT2D eigenvalue weighted by Crippen LogP contribution is 2.26. The maximum atomic E-state index is 12.0. The van der Waals surface area contributed by atoms with E-state index in [2.05, 4.69) is 22.3 Å². The molecule has 7 heteroatoms. The lowest BCUT2D eigenvalue weighted by Gasteiger charge is -2.20. The Morgan fingerprint density at radius 1 is 1.54 bits per heavy atom. The van der Waals surface area contributed by atoms with E-state index in [-0.39, 0.29) is 18.3 Å². The highest BCUT2D eigenvalue weighted by atomic mass is 35.5. The minimum Gasteiger partial charge on any atom is -0.497 e. The van der Waals surface area contributed by atoms with Crippen molar-refractivity contribution in [1.29, 1.82) is 0 Å². The lowest BCUT2D eigenvalue weighted by molar-refractivity contribution is -0.122. The van der Waals surface area contributed by atoms with E-state index in [9.17, 15) is 4.79 Å². The summed E-state index contributed by atoms with van der Waals surface area (Å²) in [5.41, 5.74) is 7.06. The van der Waals surface area contributed by atoms with Crippen molar-refractivity contribution in [3.05, 3.63) is 24.3 Å². The molecule has 2 rings (SSSR count). The van der Waals surface area contributed by atoms with E-state index in [4.69, 9.17) is 10.5 Å². The largest absolute Gasteiger partial charge is 0.497 e. The number of carbonyl (C=O) groups excluding carboxylic acids is 1. The third-order valence-electron chi connectivity index (χ3n) is 4.24. The molecular formula is C17H28ClN3O2S. The Morgan fingerprint density at radius 2 is 2.33 bits per heavy atom. The Balaban J connectivity index is 0.00000288. The van der Waals surface area contributed by atoms with Crippen molar-refractivity contribution < 1.29 is 9.53 Å². The lowest BCUT2D eigenvalue weighted by atomic mass is 10.1. The number of ether oxygens (including phenoxy) is 1. The number of nitrogens with one attached hydrogen (secondary N) is 1. The Bertz CT molecular complexity index is 518. The molecule has 0 bridgehead atoms. The van der Waals surface area contributed by atoms with Crippen molar-refractivity contribution in [1.82, 2.24) is 5.32 Å². The number of nitrogens with two attached hydrogens (primary N) is 1. The van der Waals surface area contributed by atoms with Gasteiger partial charge in [-0.15, -0.1) is 12.4 Å². The molecule has 1 aliphatic rings. The monoisotopic (exact) mass is 373 g/mol. The molecule has 5 nitrogen and oxygen atoms in total. The molecule has 1 aromatic rings. The Hall–Kier alpha value is -1.11. The predicted molar refractivity (Wildman–Crippen MR) is 105 cm³/mol. The van der Waals surface area contributed by atoms with Crippen LogP contribution in [0.5, 0.6) is 5.75 Å². The molecule has 136 valence electrons. The molecule has 1 amide bonds. The van der Waals surface area contributed by atoms with E-state index < -0.39 is 6.04 Å². The zero-order chi connectivity index (χ0) is 16.7. The number of rotatable bonds is 8. The van der Waals surface area contributed by atoms with Gasteiger partial charge in [-0.05, 0) is 42.9 Å². The van der Waals surface area contributed by atoms with Crippen molar-refractivity contribution in [3.8, 4) is 5.75 Å². The van der Waals surface area contributed by atoms with Gasteiger partial charge in [0.2, 0.25) is 5.91 Å². The van der Waals surface area contributed by atoms with Gasteiger partial charge in [-0.3, -0.25) is 4.79 Å². The molecule has 1 aliphatic heterocycles. The summed E-state index contributed by atoms with van der Waals surface area (Å²) in [7, 11) is 1.68. The average Bonchev–Trinajstić information content (AvgIpc) is 3.06. The maximum absolute atomic E-state index is 12.0. The van der Waals surface area contributed by atoms with E-state index in [1.807, 2.05) is 18.4 Å². The van der Waals surface area contributed by atoms with E-state index in [1.54, 1.807) is 18.9 Å². The molecule has 0 aliphatic carbocycles. The number of carbonyl (C=O) groups is 1. The molecule has 2 atom stereocenters. The quantitative estimate of drug-likeness (QED) is 0.730. The fourth-order valence-electron chi connectivity index (χ4n) is 2.79. The number of hydrogen-bond acceptors (Lipinski definition) is 5. The third-order valence-corrected chi connectivity index (χ3v) is 4.88. The topological polar surface area (TPSA) is 67.6 Å². The first-order valence-electron chi connectivity index (χ1n) is 8.05. The van der Waals surface area contributed by atoms with Crippen molar-refractivity contribution >= 4 is 35.8 Å². The molecular weight excluding hydrogens is 346 g/mol. The minimum atomic E-state index is -0.390. The van der Waals surface area contributed by atoms with Gasteiger partial charge in [0.25, 0.3) is 0 Å². The zero-order valence-electron chi connectivity index (χ0n) is 14.4. The van der Waals surface area contributed by atoms with Gasteiger partial charge >= 0.3 is 0 Å². The van der Waals surface area contributed by atoms with Crippen LogP contribution in [-0.4, -0.2) is 50.7 Å². The molecule has 1 unspecified atom stereocenters. The summed E-state index contributed by atoms with van der Waals surface area (Å²) in [5, 5.41) is 3.00. The van der Waals surface area contributed by atoms with Crippen LogP contribution in [0, 0.1) is 5.92 Å². The van der Waals surface area contributed by atoms with Gasteiger partial charge < -0.3 is 20.7 Å². The van der Waals surface area contributed by atoms with Gasteiger partial charge in [0.05, 0.1) is 13.2 Å². The number of nitrogens with zero attached hydrogens (tertiary/aromatic N) is 1. The predicted octanol–water partition coefficient (Wildman–Crippen LogP) is 2.14. The van der Waals surface area contributed by atoms with Crippen molar-refractivity contribution in [2.45, 2.75) is 18.9 Å². The average molecular weight is 374 g/mol. The fourth-order valence-corrected chi connectivity index (χ4v) is 3.28. The minimum absolute atomic E-state index is 0. The molecule has 0 radical (unpaired) electrons. The van der Waals surface area contributed by atoms with Crippen molar-refractivity contribution in [2.75, 3.05) is 43.7 Å². The second kappa shape index (κ2) is 10.7. The third kappa shape index (κ3) is 6.07. The number of benzene rings is 1. The standard InChI is InChI=1S/C17H27N3O2S.ClH/c1-22-15-5-3-4-14(10-15)20-8-6-13(12-20)11-19-17(21)16(18)7-9-23-2;/h3-5,10,13,16H,6-9,11-12,18H2,1-2H3,(H,19,21);1H/t13?,16-;/m0./s1. The highest BCUT2D eigenvalue weighted by molar-refractivity contribution is 7.98. The molecule has 0 saturated carbocycles. The van der Waals surface area contributed by atoms with Crippen LogP contribution in [0.2, 0.25) is 0 Å². The summed E-state index contributed by atoms with van der Waals surface area (Å²) in [6.07, 6.45) is 3.83. The number of methoxy groups -OCH3 is 1. The Morgan fingerprint density at radius 3 is 3.04 bits per heavy atom. The van der Waals surface area contributed by atoms with Gasteiger partial charge in [-0.25, -0.2) is 0 Å². The van der Waals surface area contributed by atoms with Gasteiger partial charge in [0, 0.05) is 31.4 Å². The van der Waals surface area contributed by atoms with Crippen molar-refractivity contribution in [2.24, 2.45) is 11.7 Å². The fraction of sp³-hybridized carbons (Fsp3) is 0.588. The first kappa shape index (κ1) is 20.9. The van der Waals surface area contributed by atoms with Crippen LogP contribution < -0.4 is 20.7 Å². The van der Waals surface area contributed by atoms with Gasteiger partial charge in [-0.2, -0.15) is 11.8 Å². The van der Waals surface area contributed by atoms with Crippen LogP contribution in [0.4, 0.5) is 5.69 Å². The van der Waals surface area contributed by atoms with Crippen LogP contribution in [0.3, 0.4) is 0 Å². The summed E-state index contributed by atoms with van der Waals surface area (Å²) in [4.78, 5) is 14.3. The van der Waals surface area contributed by atoms with E-state index in [0.717, 1.165) is 37.4 Å². The molecule has 24 heavy (non-hydrogen) atoms. The number of halogens is 1. The SMILES string of the molecule is COc1cccc(N2CCC(CNC(=O)[C@@H](N)CCSC)C2)c1.Cl. The highest BCUT2D eigenvalue weighted by Gasteiger charge is 2.24. The summed E-state index contributed by atoms with van der Waals surface area (Å²) in [6, 6.07) is 7.72. The van der Waals surface area contributed by atoms with Crippen LogP contribution in [-0.2, 0) is 4.79 Å². The summed E-state index contributed by atoms with van der Waals surface area (Å²) >= 11 is 1.71. The molecule has 3 N–H and O–H groups in total. The van der Waals surface area contributed by atoms with Crippen molar-refractivity contribution in [3.63, 3.8) is 0 Å². The molecule has 1 heterocycles. The summed E-state index contributed by atoms with van der Waals surface area (Å²) in [6.45, 7) is 2.66. The number of hydrogen-bond donors (Lipinski definition) is 2. The second-order valence-corrected chi connectivity index (χ2v) is 6.92. The van der Waals surface area contributed by atoms with E-state index >= 15 is 0 Å². The molecule has 0 aromatic heterocycles. The second-order valence-electron chi connectivity index (χ2n) is 5.94. The van der Waals surface area contributed by atoms with Crippen LogP contribution in [0.15, 0.2) is 24.3 Å². The Kier molecular flexibility index (Phi) is 9.33.